The SMILES string of the molecule is FC(F)(F)c1ccc(Cl)c(NC(=S)NN=Cc2cccnc2)c1. The summed E-state index contributed by atoms with van der Waals surface area (Å²) in [5.74, 6) is 0. The Morgan fingerprint density at radius 2 is 2.09 bits per heavy atom. The lowest BCUT2D eigenvalue weighted by Gasteiger charge is -2.12. The van der Waals surface area contributed by atoms with Crippen LogP contribution >= 0.6 is 23.8 Å². The van der Waals surface area contributed by atoms with Crippen LogP contribution in [-0.2, 0) is 6.18 Å². The van der Waals surface area contributed by atoms with Crippen molar-refractivity contribution in [3.63, 3.8) is 0 Å². The first-order valence-corrected chi connectivity index (χ1v) is 7.02. The first-order valence-electron chi connectivity index (χ1n) is 6.23. The molecule has 0 amide bonds. The minimum absolute atomic E-state index is 0.00589. The van der Waals surface area contributed by atoms with E-state index in [1.165, 1.54) is 6.21 Å². The van der Waals surface area contributed by atoms with E-state index < -0.39 is 11.7 Å². The number of nitrogens with one attached hydrogen (secondary N) is 2. The van der Waals surface area contributed by atoms with Crippen LogP contribution in [0.25, 0.3) is 0 Å². The molecule has 9 heteroatoms. The van der Waals surface area contributed by atoms with Gasteiger partial charge in [0.15, 0.2) is 5.11 Å². The summed E-state index contributed by atoms with van der Waals surface area (Å²) < 4.78 is 38.0. The standard InChI is InChI=1S/C14H10ClF3N4S/c15-11-4-3-10(14(16,17)18)6-12(11)21-13(23)22-20-8-9-2-1-5-19-7-9/h1-8H,(H2,21,22,23). The van der Waals surface area contributed by atoms with E-state index in [-0.39, 0.29) is 15.8 Å². The van der Waals surface area contributed by atoms with Crippen molar-refractivity contribution < 1.29 is 13.2 Å². The predicted octanol–water partition coefficient (Wildman–Crippen LogP) is 4.07. The molecule has 0 saturated carbocycles. The molecule has 2 aromatic rings. The summed E-state index contributed by atoms with van der Waals surface area (Å²) >= 11 is 10.8. The van der Waals surface area contributed by atoms with Crippen LogP contribution < -0.4 is 10.7 Å². The van der Waals surface area contributed by atoms with Crippen LogP contribution in [0.4, 0.5) is 18.9 Å². The zero-order chi connectivity index (χ0) is 16.9. The zero-order valence-corrected chi connectivity index (χ0v) is 13.0. The topological polar surface area (TPSA) is 49.3 Å². The van der Waals surface area contributed by atoms with Gasteiger partial charge in [-0.3, -0.25) is 10.4 Å². The Balaban J connectivity index is 2.01. The fourth-order valence-electron chi connectivity index (χ4n) is 1.57. The number of hydrazone groups is 1. The summed E-state index contributed by atoms with van der Waals surface area (Å²) in [6.07, 6.45) is 0.210. The van der Waals surface area contributed by atoms with Crippen LogP contribution in [0.2, 0.25) is 5.02 Å². The number of rotatable bonds is 3. The summed E-state index contributed by atoms with van der Waals surface area (Å²) in [6, 6.07) is 6.43. The molecule has 0 spiro atoms. The molecule has 0 saturated heterocycles. The summed E-state index contributed by atoms with van der Waals surface area (Å²) in [5.41, 5.74) is 2.43. The average Bonchev–Trinajstić information content (AvgIpc) is 2.49. The van der Waals surface area contributed by atoms with Crippen LogP contribution in [0, 0.1) is 0 Å². The first-order chi connectivity index (χ1) is 10.9. The smallest absolute Gasteiger partial charge is 0.330 e. The van der Waals surface area contributed by atoms with Gasteiger partial charge in [0.1, 0.15) is 0 Å². The highest BCUT2D eigenvalue weighted by Crippen LogP contribution is 2.33. The summed E-state index contributed by atoms with van der Waals surface area (Å²) in [4.78, 5) is 3.90. The molecular weight excluding hydrogens is 349 g/mol. The van der Waals surface area contributed by atoms with Crippen LogP contribution in [0.5, 0.6) is 0 Å². The quantitative estimate of drug-likeness (QED) is 0.493. The van der Waals surface area contributed by atoms with Gasteiger partial charge in [0.2, 0.25) is 0 Å². The van der Waals surface area contributed by atoms with Crippen LogP contribution in [0.3, 0.4) is 0 Å². The Labute approximate surface area is 140 Å². The fourth-order valence-corrected chi connectivity index (χ4v) is 1.89. The van der Waals surface area contributed by atoms with Crippen LogP contribution in [-0.4, -0.2) is 16.3 Å². The van der Waals surface area contributed by atoms with Crippen molar-refractivity contribution in [2.45, 2.75) is 6.18 Å². The Morgan fingerprint density at radius 1 is 1.30 bits per heavy atom. The van der Waals surface area contributed by atoms with Crippen molar-refractivity contribution >= 4 is 40.8 Å². The number of pyridine rings is 1. The minimum Gasteiger partial charge on any atom is -0.330 e. The Kier molecular flexibility index (Phi) is 5.51. The molecule has 120 valence electrons. The number of hydrogen-bond donors (Lipinski definition) is 2. The Hall–Kier alpha value is -2.19. The molecule has 0 aliphatic heterocycles. The van der Waals surface area contributed by atoms with Gasteiger partial charge in [-0.1, -0.05) is 17.7 Å². The molecule has 23 heavy (non-hydrogen) atoms. The third-order valence-electron chi connectivity index (χ3n) is 2.61. The highest BCUT2D eigenvalue weighted by atomic mass is 35.5. The lowest BCUT2D eigenvalue weighted by atomic mass is 10.2. The molecule has 0 unspecified atom stereocenters. The molecule has 1 heterocycles. The van der Waals surface area contributed by atoms with Gasteiger partial charge in [-0.25, -0.2) is 0 Å². The number of aromatic nitrogens is 1. The minimum atomic E-state index is -4.46. The molecule has 0 aliphatic carbocycles. The maximum absolute atomic E-state index is 12.7. The van der Waals surface area contributed by atoms with Gasteiger partial charge in [-0.2, -0.15) is 18.3 Å². The van der Waals surface area contributed by atoms with E-state index in [1.807, 2.05) is 0 Å². The number of hydrogen-bond acceptors (Lipinski definition) is 3. The van der Waals surface area contributed by atoms with Gasteiger partial charge in [-0.15, -0.1) is 0 Å². The number of halogens is 4. The lowest BCUT2D eigenvalue weighted by molar-refractivity contribution is -0.137. The fraction of sp³-hybridized carbons (Fsp3) is 0.0714. The normalized spacial score (nSPS) is 11.5. The molecule has 0 bridgehead atoms. The Morgan fingerprint density at radius 3 is 2.74 bits per heavy atom. The molecular formula is C14H10ClF3N4S. The van der Waals surface area contributed by atoms with E-state index in [0.29, 0.717) is 0 Å². The van der Waals surface area contributed by atoms with Gasteiger partial charge in [-0.05, 0) is 36.5 Å². The second kappa shape index (κ2) is 7.38. The van der Waals surface area contributed by atoms with Crippen LogP contribution in [0.1, 0.15) is 11.1 Å². The maximum atomic E-state index is 12.7. The van der Waals surface area contributed by atoms with Gasteiger partial charge >= 0.3 is 6.18 Å². The van der Waals surface area contributed by atoms with E-state index in [0.717, 1.165) is 23.8 Å². The molecule has 0 atom stereocenters. The van der Waals surface area contributed by atoms with Gasteiger partial charge in [0, 0.05) is 18.0 Å². The number of anilines is 1. The molecule has 1 aromatic carbocycles. The van der Waals surface area contributed by atoms with Gasteiger partial charge in [0.25, 0.3) is 0 Å². The van der Waals surface area contributed by atoms with Crippen molar-refractivity contribution in [1.82, 2.24) is 10.4 Å². The van der Waals surface area contributed by atoms with Crippen LogP contribution in [0.15, 0.2) is 47.8 Å². The molecule has 2 N–H and O–H groups in total. The highest BCUT2D eigenvalue weighted by molar-refractivity contribution is 7.80. The third kappa shape index (κ3) is 5.19. The van der Waals surface area contributed by atoms with Crippen molar-refractivity contribution in [1.29, 1.82) is 0 Å². The maximum Gasteiger partial charge on any atom is 0.416 e. The van der Waals surface area contributed by atoms with Crippen molar-refractivity contribution in [2.24, 2.45) is 5.10 Å². The van der Waals surface area contributed by atoms with E-state index in [2.05, 4.69) is 20.8 Å². The third-order valence-corrected chi connectivity index (χ3v) is 3.13. The second-order valence-corrected chi connectivity index (χ2v) is 5.12. The lowest BCUT2D eigenvalue weighted by Crippen LogP contribution is -2.24. The van der Waals surface area contributed by atoms with Crippen molar-refractivity contribution in [3.05, 3.63) is 58.9 Å². The van der Waals surface area contributed by atoms with Gasteiger partial charge in [0.05, 0.1) is 22.5 Å². The second-order valence-electron chi connectivity index (χ2n) is 4.30. The van der Waals surface area contributed by atoms with E-state index in [9.17, 15) is 13.2 Å². The number of benzene rings is 1. The number of thiocarbonyl (C=S) groups is 1. The van der Waals surface area contributed by atoms with E-state index in [4.69, 9.17) is 23.8 Å². The summed E-state index contributed by atoms with van der Waals surface area (Å²) in [7, 11) is 0. The number of nitrogens with zero attached hydrogens (tertiary/aromatic N) is 2. The predicted molar refractivity (Wildman–Crippen MR) is 87.6 cm³/mol. The summed E-state index contributed by atoms with van der Waals surface area (Å²) in [6.45, 7) is 0. The number of alkyl halides is 3. The Bertz CT molecular complexity index is 720. The molecule has 2 rings (SSSR count). The molecule has 1 aromatic heterocycles. The van der Waals surface area contributed by atoms with E-state index in [1.54, 1.807) is 24.5 Å². The molecule has 4 nitrogen and oxygen atoms in total. The summed E-state index contributed by atoms with van der Waals surface area (Å²) in [5, 5.41) is 6.54. The molecule has 0 fully saturated rings. The van der Waals surface area contributed by atoms with E-state index >= 15 is 0 Å². The largest absolute Gasteiger partial charge is 0.416 e. The average molecular weight is 359 g/mol. The van der Waals surface area contributed by atoms with Gasteiger partial charge < -0.3 is 5.32 Å². The zero-order valence-electron chi connectivity index (χ0n) is 11.4. The first kappa shape index (κ1) is 17.2. The molecule has 0 radical (unpaired) electrons. The van der Waals surface area contributed by atoms with Crippen molar-refractivity contribution in [3.8, 4) is 0 Å². The van der Waals surface area contributed by atoms with Crippen molar-refractivity contribution in [2.75, 3.05) is 5.32 Å². The highest BCUT2D eigenvalue weighted by Gasteiger charge is 2.31. The monoisotopic (exact) mass is 358 g/mol. The molecule has 0 aliphatic rings.